The van der Waals surface area contributed by atoms with E-state index >= 15 is 0 Å². The lowest BCUT2D eigenvalue weighted by Gasteiger charge is -2.36. The number of carbonyl (C=O) groups excluding carboxylic acids is 1. The minimum absolute atomic E-state index is 0.0698. The van der Waals surface area contributed by atoms with Gasteiger partial charge in [0, 0.05) is 37.0 Å². The monoisotopic (exact) mass is 372 g/mol. The largest absolute Gasteiger partial charge is 0.352 e. The van der Waals surface area contributed by atoms with Gasteiger partial charge in [-0.05, 0) is 37.7 Å². The molecule has 2 aliphatic rings. The molecule has 2 aromatic rings. The molecular formula is C20H28N4OS. The zero-order valence-corrected chi connectivity index (χ0v) is 17.0. The van der Waals surface area contributed by atoms with Crippen LogP contribution in [0.15, 0.2) is 0 Å². The van der Waals surface area contributed by atoms with E-state index < -0.39 is 0 Å². The Hall–Kier alpha value is -1.69. The number of hydrogen-bond acceptors (Lipinski definition) is 5. The van der Waals surface area contributed by atoms with Gasteiger partial charge in [-0.1, -0.05) is 20.8 Å². The molecule has 0 saturated carbocycles. The summed E-state index contributed by atoms with van der Waals surface area (Å²) in [7, 11) is 0. The molecule has 26 heavy (non-hydrogen) atoms. The van der Waals surface area contributed by atoms with Crippen molar-refractivity contribution in [3.63, 3.8) is 0 Å². The van der Waals surface area contributed by atoms with E-state index in [2.05, 4.69) is 11.8 Å². The number of anilines is 1. The molecule has 1 amide bonds. The normalized spacial score (nSPS) is 20.7. The maximum absolute atomic E-state index is 12.3. The molecular weight excluding hydrogens is 344 g/mol. The predicted octanol–water partition coefficient (Wildman–Crippen LogP) is 3.43. The molecule has 3 heterocycles. The van der Waals surface area contributed by atoms with E-state index in [-0.39, 0.29) is 11.8 Å². The minimum atomic E-state index is 0.0698. The highest BCUT2D eigenvalue weighted by molar-refractivity contribution is 7.19. The standard InChI is InChI=1S/C20H28N4OS/c1-12(2)20(25)24-9-7-23(8-10-24)18-17-15-6-5-13(3)11-16(15)26-19(17)22-14(4)21-18/h12-13H,5-11H2,1-4H3. The van der Waals surface area contributed by atoms with E-state index in [1.54, 1.807) is 0 Å². The lowest BCUT2D eigenvalue weighted by Crippen LogP contribution is -2.50. The number of thiophene rings is 1. The van der Waals surface area contributed by atoms with Crippen molar-refractivity contribution in [2.45, 2.75) is 47.0 Å². The number of aryl methyl sites for hydroxylation is 2. The molecule has 0 spiro atoms. The first-order valence-corrected chi connectivity index (χ1v) is 10.6. The number of nitrogens with zero attached hydrogens (tertiary/aromatic N) is 4. The predicted molar refractivity (Wildman–Crippen MR) is 107 cm³/mol. The number of fused-ring (bicyclic) bond motifs is 3. The smallest absolute Gasteiger partial charge is 0.225 e. The van der Waals surface area contributed by atoms with Crippen molar-refractivity contribution in [3.8, 4) is 0 Å². The molecule has 1 aliphatic carbocycles. The Morgan fingerprint density at radius 3 is 2.62 bits per heavy atom. The van der Waals surface area contributed by atoms with Crippen LogP contribution in [0.1, 0.15) is 43.5 Å². The van der Waals surface area contributed by atoms with Crippen LogP contribution in [0.4, 0.5) is 5.82 Å². The van der Waals surface area contributed by atoms with Gasteiger partial charge in [-0.25, -0.2) is 9.97 Å². The third-order valence-corrected chi connectivity index (χ3v) is 6.78. The summed E-state index contributed by atoms with van der Waals surface area (Å²) in [4.78, 5) is 28.9. The first kappa shape index (κ1) is 17.7. The van der Waals surface area contributed by atoms with Crippen LogP contribution in [-0.2, 0) is 17.6 Å². The fourth-order valence-electron chi connectivity index (χ4n) is 4.16. The summed E-state index contributed by atoms with van der Waals surface area (Å²) >= 11 is 1.86. The molecule has 140 valence electrons. The fraction of sp³-hybridized carbons (Fsp3) is 0.650. The third kappa shape index (κ3) is 3.08. The van der Waals surface area contributed by atoms with Gasteiger partial charge in [-0.2, -0.15) is 0 Å². The molecule has 1 unspecified atom stereocenters. The van der Waals surface area contributed by atoms with Crippen LogP contribution in [0.5, 0.6) is 0 Å². The van der Waals surface area contributed by atoms with Crippen molar-refractivity contribution >= 4 is 33.3 Å². The second kappa shape index (κ2) is 6.80. The van der Waals surface area contributed by atoms with Gasteiger partial charge < -0.3 is 9.80 Å². The Bertz CT molecular complexity index is 836. The Kier molecular flexibility index (Phi) is 4.63. The molecule has 0 bridgehead atoms. The minimum Gasteiger partial charge on any atom is -0.352 e. The third-order valence-electron chi connectivity index (χ3n) is 5.63. The van der Waals surface area contributed by atoms with Crippen molar-refractivity contribution in [1.29, 1.82) is 0 Å². The van der Waals surface area contributed by atoms with Gasteiger partial charge >= 0.3 is 0 Å². The summed E-state index contributed by atoms with van der Waals surface area (Å²) in [6, 6.07) is 0. The molecule has 0 N–H and O–H groups in total. The van der Waals surface area contributed by atoms with Crippen molar-refractivity contribution < 1.29 is 4.79 Å². The Balaban J connectivity index is 1.66. The van der Waals surface area contributed by atoms with E-state index in [1.807, 2.05) is 37.0 Å². The number of amides is 1. The Labute approximate surface area is 159 Å². The van der Waals surface area contributed by atoms with E-state index in [0.29, 0.717) is 0 Å². The SMILES string of the molecule is Cc1nc(N2CCN(C(=O)C(C)C)CC2)c2c3c(sc2n1)CC(C)CC3. The zero-order chi connectivity index (χ0) is 18.4. The summed E-state index contributed by atoms with van der Waals surface area (Å²) in [6.45, 7) is 11.6. The van der Waals surface area contributed by atoms with Crippen molar-refractivity contribution in [2.75, 3.05) is 31.1 Å². The summed E-state index contributed by atoms with van der Waals surface area (Å²) in [5, 5.41) is 1.28. The van der Waals surface area contributed by atoms with Gasteiger partial charge in [-0.3, -0.25) is 4.79 Å². The molecule has 5 nitrogen and oxygen atoms in total. The highest BCUT2D eigenvalue weighted by atomic mass is 32.1. The first-order chi connectivity index (χ1) is 12.4. The Morgan fingerprint density at radius 1 is 1.19 bits per heavy atom. The molecule has 1 aliphatic heterocycles. The summed E-state index contributed by atoms with van der Waals surface area (Å²) in [5.41, 5.74) is 1.48. The van der Waals surface area contributed by atoms with Crippen LogP contribution >= 0.6 is 11.3 Å². The number of piperazine rings is 1. The summed E-state index contributed by atoms with van der Waals surface area (Å²) < 4.78 is 0. The molecule has 6 heteroatoms. The molecule has 0 aromatic carbocycles. The van der Waals surface area contributed by atoms with E-state index in [0.717, 1.165) is 55.0 Å². The lowest BCUT2D eigenvalue weighted by atomic mass is 9.89. The van der Waals surface area contributed by atoms with Crippen molar-refractivity contribution in [3.05, 3.63) is 16.3 Å². The van der Waals surface area contributed by atoms with Crippen LogP contribution in [0.25, 0.3) is 10.2 Å². The zero-order valence-electron chi connectivity index (χ0n) is 16.2. The number of hydrogen-bond donors (Lipinski definition) is 0. The second-order valence-corrected chi connectivity index (χ2v) is 9.18. The number of rotatable bonds is 2. The fourth-order valence-corrected chi connectivity index (χ4v) is 5.58. The van der Waals surface area contributed by atoms with Gasteiger partial charge in [0.05, 0.1) is 5.39 Å². The van der Waals surface area contributed by atoms with E-state index in [4.69, 9.17) is 9.97 Å². The lowest BCUT2D eigenvalue weighted by molar-refractivity contribution is -0.134. The molecule has 0 radical (unpaired) electrons. The van der Waals surface area contributed by atoms with Crippen LogP contribution in [0.3, 0.4) is 0 Å². The molecule has 1 atom stereocenters. The first-order valence-electron chi connectivity index (χ1n) is 9.76. The topological polar surface area (TPSA) is 49.3 Å². The van der Waals surface area contributed by atoms with E-state index in [1.165, 1.54) is 28.7 Å². The van der Waals surface area contributed by atoms with Crippen LogP contribution in [0, 0.1) is 18.8 Å². The summed E-state index contributed by atoms with van der Waals surface area (Å²) in [5.74, 6) is 3.03. The summed E-state index contributed by atoms with van der Waals surface area (Å²) in [6.07, 6.45) is 3.57. The van der Waals surface area contributed by atoms with Crippen LogP contribution < -0.4 is 4.90 Å². The van der Waals surface area contributed by atoms with Gasteiger partial charge in [0.15, 0.2) is 0 Å². The second-order valence-electron chi connectivity index (χ2n) is 8.09. The number of carbonyl (C=O) groups is 1. The molecule has 4 rings (SSSR count). The quantitative estimate of drug-likeness (QED) is 0.810. The van der Waals surface area contributed by atoms with Gasteiger partial charge in [-0.15, -0.1) is 11.3 Å². The maximum Gasteiger partial charge on any atom is 0.225 e. The highest BCUT2D eigenvalue weighted by Crippen LogP contribution is 2.41. The Morgan fingerprint density at radius 2 is 1.92 bits per heavy atom. The van der Waals surface area contributed by atoms with Crippen molar-refractivity contribution in [1.82, 2.24) is 14.9 Å². The van der Waals surface area contributed by atoms with Gasteiger partial charge in [0.2, 0.25) is 5.91 Å². The maximum atomic E-state index is 12.3. The molecule has 1 fully saturated rings. The highest BCUT2D eigenvalue weighted by Gasteiger charge is 2.28. The van der Waals surface area contributed by atoms with Crippen LogP contribution in [-0.4, -0.2) is 47.0 Å². The van der Waals surface area contributed by atoms with Crippen LogP contribution in [0.2, 0.25) is 0 Å². The van der Waals surface area contributed by atoms with E-state index in [9.17, 15) is 4.79 Å². The average molecular weight is 373 g/mol. The molecule has 2 aromatic heterocycles. The van der Waals surface area contributed by atoms with Gasteiger partial charge in [0.25, 0.3) is 0 Å². The molecule has 1 saturated heterocycles. The van der Waals surface area contributed by atoms with Gasteiger partial charge in [0.1, 0.15) is 16.5 Å². The average Bonchev–Trinajstić information content (AvgIpc) is 2.97. The number of aromatic nitrogens is 2. The van der Waals surface area contributed by atoms with Crippen molar-refractivity contribution in [2.24, 2.45) is 11.8 Å².